The summed E-state index contributed by atoms with van der Waals surface area (Å²) in [6, 6.07) is 16.5. The van der Waals surface area contributed by atoms with Crippen LogP contribution in [0, 0.1) is 34.5 Å². The van der Waals surface area contributed by atoms with Crippen LogP contribution in [0.1, 0.15) is 102 Å². The minimum absolute atomic E-state index is 0.0674. The van der Waals surface area contributed by atoms with Crippen molar-refractivity contribution in [2.24, 2.45) is 34.5 Å². The van der Waals surface area contributed by atoms with E-state index in [1.807, 2.05) is 0 Å². The number of aromatic hydroxyl groups is 1. The zero-order valence-electron chi connectivity index (χ0n) is 26.7. The lowest BCUT2D eigenvalue weighted by Crippen LogP contribution is -2.43. The van der Waals surface area contributed by atoms with Gasteiger partial charge in [0, 0.05) is 29.6 Å². The second-order valence-corrected chi connectivity index (χ2v) is 17.2. The maximum Gasteiger partial charge on any atom is 0.123 e. The van der Waals surface area contributed by atoms with Gasteiger partial charge in [-0.25, -0.2) is 0 Å². The monoisotopic (exact) mass is 575 g/mol. The normalized spacial score (nSPS) is 32.7. The number of rotatable bonds is 2. The summed E-state index contributed by atoms with van der Waals surface area (Å²) in [6.07, 6.45) is 10.6. The van der Waals surface area contributed by atoms with Crippen LogP contribution >= 0.6 is 0 Å². The molecule has 0 aromatic heterocycles. The molecule has 3 aromatic carbocycles. The van der Waals surface area contributed by atoms with Gasteiger partial charge in [-0.2, -0.15) is 0 Å². The lowest BCUT2D eigenvalue weighted by atomic mass is 9.52. The van der Waals surface area contributed by atoms with Gasteiger partial charge in [0.05, 0.1) is 13.2 Å². The molecular formula is C40H49NO2. The second-order valence-electron chi connectivity index (χ2n) is 17.2. The number of ether oxygens (including phenoxy) is 1. The lowest BCUT2D eigenvalue weighted by Gasteiger charge is -2.51. The van der Waals surface area contributed by atoms with Gasteiger partial charge in [0.15, 0.2) is 0 Å². The Balaban J connectivity index is 1.30. The molecule has 0 radical (unpaired) electrons. The average Bonchev–Trinajstić information content (AvgIpc) is 3.30. The lowest BCUT2D eigenvalue weighted by molar-refractivity contribution is 0.0645. The number of phenolic OH excluding ortho intramolecular Hbond substituents is 1. The molecule has 5 unspecified atom stereocenters. The van der Waals surface area contributed by atoms with Gasteiger partial charge in [0.1, 0.15) is 5.75 Å². The molecule has 3 nitrogen and oxygen atoms in total. The van der Waals surface area contributed by atoms with E-state index >= 15 is 0 Å². The number of anilines is 1. The Hall–Kier alpha value is -2.52. The molecule has 226 valence electrons. The fraction of sp³-hybridized carbons (Fsp3) is 0.600. The van der Waals surface area contributed by atoms with E-state index in [2.05, 4.69) is 75.1 Å². The summed E-state index contributed by atoms with van der Waals surface area (Å²) in [6.45, 7) is 13.4. The number of morpholine rings is 1. The highest BCUT2D eigenvalue weighted by Gasteiger charge is 2.54. The molecular weight excluding hydrogens is 526 g/mol. The van der Waals surface area contributed by atoms with Crippen molar-refractivity contribution >= 4 is 16.5 Å². The van der Waals surface area contributed by atoms with Crippen molar-refractivity contribution in [3.63, 3.8) is 0 Å². The number of benzene rings is 3. The maximum atomic E-state index is 12.0. The van der Waals surface area contributed by atoms with E-state index in [1.165, 1.54) is 77.4 Å². The quantitative estimate of drug-likeness (QED) is 0.330. The summed E-state index contributed by atoms with van der Waals surface area (Å²) in [4.78, 5) is 2.63. The number of hydrogen-bond donors (Lipinski definition) is 1. The van der Waals surface area contributed by atoms with E-state index in [0.717, 1.165) is 68.2 Å². The molecule has 5 aliphatic carbocycles. The third-order valence-corrected chi connectivity index (χ3v) is 13.1. The Bertz CT molecular complexity index is 1610. The van der Waals surface area contributed by atoms with E-state index in [-0.39, 0.29) is 16.2 Å². The van der Waals surface area contributed by atoms with Crippen LogP contribution in [0.5, 0.6) is 5.75 Å². The van der Waals surface area contributed by atoms with Gasteiger partial charge >= 0.3 is 0 Å². The molecule has 3 bridgehead atoms. The second kappa shape index (κ2) is 9.03. The summed E-state index contributed by atoms with van der Waals surface area (Å²) in [5, 5.41) is 14.4. The van der Waals surface area contributed by atoms with Crippen molar-refractivity contribution in [1.29, 1.82) is 0 Å². The highest BCUT2D eigenvalue weighted by molar-refractivity contribution is 6.07. The largest absolute Gasteiger partial charge is 0.507 e. The van der Waals surface area contributed by atoms with Gasteiger partial charge in [0.2, 0.25) is 0 Å². The number of hydrogen-bond acceptors (Lipinski definition) is 3. The topological polar surface area (TPSA) is 32.7 Å². The van der Waals surface area contributed by atoms with E-state index in [1.54, 1.807) is 0 Å². The first-order valence-corrected chi connectivity index (χ1v) is 17.4. The Morgan fingerprint density at radius 2 is 1.53 bits per heavy atom. The maximum absolute atomic E-state index is 12.0. The first kappa shape index (κ1) is 26.8. The average molecular weight is 576 g/mol. The molecule has 0 amide bonds. The molecule has 43 heavy (non-hydrogen) atoms. The molecule has 6 aliphatic rings. The smallest absolute Gasteiger partial charge is 0.123 e. The van der Waals surface area contributed by atoms with Crippen molar-refractivity contribution < 1.29 is 9.84 Å². The van der Waals surface area contributed by atoms with E-state index in [4.69, 9.17) is 4.74 Å². The van der Waals surface area contributed by atoms with E-state index in [0.29, 0.717) is 11.7 Å². The first-order valence-electron chi connectivity index (χ1n) is 17.4. The molecule has 5 atom stereocenters. The van der Waals surface area contributed by atoms with Crippen LogP contribution in [0.25, 0.3) is 21.9 Å². The zero-order chi connectivity index (χ0) is 29.3. The van der Waals surface area contributed by atoms with Crippen LogP contribution in [0.15, 0.2) is 42.5 Å². The number of fused-ring (bicyclic) bond motifs is 9. The van der Waals surface area contributed by atoms with E-state index < -0.39 is 0 Å². The third-order valence-electron chi connectivity index (χ3n) is 13.1. The van der Waals surface area contributed by atoms with Crippen LogP contribution in [0.2, 0.25) is 0 Å². The van der Waals surface area contributed by atoms with Crippen LogP contribution in [-0.4, -0.2) is 31.4 Å². The highest BCUT2D eigenvalue weighted by atomic mass is 16.5. The molecule has 1 heterocycles. The van der Waals surface area contributed by atoms with Crippen molar-refractivity contribution in [2.45, 2.75) is 90.4 Å². The minimum Gasteiger partial charge on any atom is -0.507 e. The minimum atomic E-state index is -0.0674. The predicted octanol–water partition coefficient (Wildman–Crippen LogP) is 9.42. The molecule has 1 spiro atoms. The van der Waals surface area contributed by atoms with Gasteiger partial charge in [-0.3, -0.25) is 0 Å². The van der Waals surface area contributed by atoms with Crippen molar-refractivity contribution in [3.8, 4) is 16.9 Å². The summed E-state index contributed by atoms with van der Waals surface area (Å²) in [5.41, 5.74) is 9.00. The molecule has 9 rings (SSSR count). The molecule has 1 aliphatic heterocycles. The van der Waals surface area contributed by atoms with Gasteiger partial charge in [-0.05, 0) is 137 Å². The van der Waals surface area contributed by atoms with Crippen molar-refractivity contribution in [2.75, 3.05) is 31.2 Å². The molecule has 5 fully saturated rings. The van der Waals surface area contributed by atoms with Crippen molar-refractivity contribution in [1.82, 2.24) is 0 Å². The van der Waals surface area contributed by atoms with Crippen LogP contribution in [0.4, 0.5) is 5.69 Å². The Morgan fingerprint density at radius 3 is 2.33 bits per heavy atom. The summed E-state index contributed by atoms with van der Waals surface area (Å²) in [7, 11) is 0. The highest BCUT2D eigenvalue weighted by Crippen LogP contribution is 2.66. The van der Waals surface area contributed by atoms with Crippen molar-refractivity contribution in [3.05, 3.63) is 59.2 Å². The fourth-order valence-electron chi connectivity index (χ4n) is 12.6. The first-order chi connectivity index (χ1) is 20.6. The fourth-order valence-corrected chi connectivity index (χ4v) is 12.6. The molecule has 1 N–H and O–H groups in total. The summed E-state index contributed by atoms with van der Waals surface area (Å²) in [5.74, 6) is 4.60. The summed E-state index contributed by atoms with van der Waals surface area (Å²) >= 11 is 0. The molecule has 3 aromatic rings. The Morgan fingerprint density at radius 1 is 0.791 bits per heavy atom. The SMILES string of the molecule is CC1(C)CC(C)(C)CC2(C1)c1ccccc1-c1c2cc(O)c2cc(C3C4CC5CCC3C(C5)C4)c(N3CCOCC3)cc12. The number of nitrogens with zero attached hydrogens (tertiary/aromatic N) is 1. The van der Waals surface area contributed by atoms with E-state index in [9.17, 15) is 5.11 Å². The molecule has 1 saturated heterocycles. The van der Waals surface area contributed by atoms with Gasteiger partial charge in [0.25, 0.3) is 0 Å². The standard InChI is InChI=1S/C40H49NO2/c1-38(2)21-39(3,4)23-40(22-38)32-8-6-5-7-28(32)37-30-19-34(41-11-13-43-14-12-41)31(18-29(30)35(42)20-33(37)40)36-26-16-24-9-10-27(36)25(15-24)17-26/h5-8,18-20,24-27,36,42H,9-17,21-23H2,1-4H3. The summed E-state index contributed by atoms with van der Waals surface area (Å²) < 4.78 is 5.86. The third kappa shape index (κ3) is 3.88. The van der Waals surface area contributed by atoms with Gasteiger partial charge < -0.3 is 14.7 Å². The van der Waals surface area contributed by atoms with Gasteiger partial charge in [-0.1, -0.05) is 58.4 Å². The Labute approximate surface area is 258 Å². The molecule has 3 heteroatoms. The van der Waals surface area contributed by atoms with Gasteiger partial charge in [-0.15, -0.1) is 0 Å². The zero-order valence-corrected chi connectivity index (χ0v) is 26.7. The predicted molar refractivity (Wildman–Crippen MR) is 176 cm³/mol. The number of phenols is 1. The van der Waals surface area contributed by atoms with Crippen LogP contribution in [0.3, 0.4) is 0 Å². The van der Waals surface area contributed by atoms with Crippen LogP contribution in [-0.2, 0) is 10.2 Å². The molecule has 4 saturated carbocycles. The Kier molecular flexibility index (Phi) is 5.63. The van der Waals surface area contributed by atoms with Crippen LogP contribution < -0.4 is 4.90 Å².